The molecule has 2 aromatic rings. The van der Waals surface area contributed by atoms with Crippen molar-refractivity contribution in [3.63, 3.8) is 0 Å². The quantitative estimate of drug-likeness (QED) is 0.618. The van der Waals surface area contributed by atoms with E-state index in [4.69, 9.17) is 21.6 Å². The smallest absolute Gasteiger partial charge is 0.331 e. The molecule has 0 aliphatic carbocycles. The number of hydrogen-bond donors (Lipinski definition) is 1. The molecule has 5 nitrogen and oxygen atoms in total. The first kappa shape index (κ1) is 19.2. The van der Waals surface area contributed by atoms with Crippen LogP contribution in [0, 0.1) is 17.1 Å². The van der Waals surface area contributed by atoms with Gasteiger partial charge in [0.25, 0.3) is 5.91 Å². The van der Waals surface area contributed by atoms with Crippen LogP contribution in [0.1, 0.15) is 11.1 Å². The number of halogens is 2. The predicted octanol–water partition coefficient (Wildman–Crippen LogP) is 3.74. The maximum atomic E-state index is 13.6. The van der Waals surface area contributed by atoms with Gasteiger partial charge < -0.3 is 10.1 Å². The molecule has 1 amide bonds. The Bertz CT molecular complexity index is 853. The molecule has 132 valence electrons. The maximum absolute atomic E-state index is 13.6. The first-order chi connectivity index (χ1) is 12.5. The summed E-state index contributed by atoms with van der Waals surface area (Å²) in [6, 6.07) is 12.9. The summed E-state index contributed by atoms with van der Waals surface area (Å²) >= 11 is 5.84. The van der Waals surface area contributed by atoms with Crippen LogP contribution >= 0.6 is 11.6 Å². The third-order valence-electron chi connectivity index (χ3n) is 3.25. The monoisotopic (exact) mass is 372 g/mol. The lowest BCUT2D eigenvalue weighted by atomic mass is 10.1. The standard InChI is InChI=1S/C19H14ClFN2O3/c20-16-2-1-3-17(21)15(16)8-9-19(25)26-12-18(24)23-14-6-4-13(5-7-14)10-11-22/h1-9H,10,12H2,(H,23,24)/b9-8+. The number of nitriles is 1. The van der Waals surface area contributed by atoms with Gasteiger partial charge >= 0.3 is 5.97 Å². The van der Waals surface area contributed by atoms with Crippen molar-refractivity contribution in [1.29, 1.82) is 5.26 Å². The molecule has 2 aromatic carbocycles. The maximum Gasteiger partial charge on any atom is 0.331 e. The van der Waals surface area contributed by atoms with Crippen LogP contribution in [-0.2, 0) is 20.7 Å². The summed E-state index contributed by atoms with van der Waals surface area (Å²) in [6.45, 7) is -0.492. The van der Waals surface area contributed by atoms with Crippen LogP contribution in [-0.4, -0.2) is 18.5 Å². The highest BCUT2D eigenvalue weighted by molar-refractivity contribution is 6.32. The van der Waals surface area contributed by atoms with E-state index in [0.717, 1.165) is 11.6 Å². The summed E-state index contributed by atoms with van der Waals surface area (Å²) in [5.74, 6) is -1.90. The Morgan fingerprint density at radius 1 is 1.23 bits per heavy atom. The van der Waals surface area contributed by atoms with E-state index in [1.165, 1.54) is 24.3 Å². The lowest BCUT2D eigenvalue weighted by Gasteiger charge is -2.06. The minimum absolute atomic E-state index is 0.0630. The van der Waals surface area contributed by atoms with Crippen LogP contribution in [0.25, 0.3) is 6.08 Å². The number of rotatable bonds is 6. The number of hydrogen-bond acceptors (Lipinski definition) is 4. The van der Waals surface area contributed by atoms with Crippen molar-refractivity contribution in [1.82, 2.24) is 0 Å². The van der Waals surface area contributed by atoms with Gasteiger partial charge in [-0.15, -0.1) is 0 Å². The third kappa shape index (κ3) is 5.72. The van der Waals surface area contributed by atoms with Crippen molar-refractivity contribution < 1.29 is 18.7 Å². The Balaban J connectivity index is 1.84. The number of benzene rings is 2. The molecule has 0 saturated heterocycles. The number of nitrogens with zero attached hydrogens (tertiary/aromatic N) is 1. The van der Waals surface area contributed by atoms with E-state index in [1.807, 2.05) is 6.07 Å². The zero-order valence-corrected chi connectivity index (χ0v) is 14.3. The van der Waals surface area contributed by atoms with Gasteiger partial charge in [-0.2, -0.15) is 5.26 Å². The molecule has 2 rings (SSSR count). The highest BCUT2D eigenvalue weighted by Crippen LogP contribution is 2.20. The van der Waals surface area contributed by atoms with E-state index in [2.05, 4.69) is 5.32 Å². The van der Waals surface area contributed by atoms with Gasteiger partial charge in [-0.25, -0.2) is 9.18 Å². The number of anilines is 1. The second-order valence-electron chi connectivity index (χ2n) is 5.16. The molecule has 0 aliphatic rings. The summed E-state index contributed by atoms with van der Waals surface area (Å²) in [6.07, 6.45) is 2.46. The van der Waals surface area contributed by atoms with Crippen LogP contribution in [0.5, 0.6) is 0 Å². The minimum atomic E-state index is -0.802. The molecule has 1 N–H and O–H groups in total. The Labute approximate surface area is 154 Å². The predicted molar refractivity (Wildman–Crippen MR) is 95.8 cm³/mol. The summed E-state index contributed by atoms with van der Waals surface area (Å²) in [5.41, 5.74) is 1.41. The number of amides is 1. The number of esters is 1. The van der Waals surface area contributed by atoms with Crippen LogP contribution in [0.2, 0.25) is 5.02 Å². The second kappa shape index (κ2) is 9.35. The number of ether oxygens (including phenoxy) is 1. The largest absolute Gasteiger partial charge is 0.452 e. The van der Waals surface area contributed by atoms with Crippen molar-refractivity contribution in [2.75, 3.05) is 11.9 Å². The normalized spacial score (nSPS) is 10.3. The zero-order chi connectivity index (χ0) is 18.9. The number of carbonyl (C=O) groups excluding carboxylic acids is 2. The molecule has 0 fully saturated rings. The Hall–Kier alpha value is -3.17. The van der Waals surface area contributed by atoms with Gasteiger partial charge in [0.15, 0.2) is 6.61 Å². The van der Waals surface area contributed by atoms with Crippen LogP contribution in [0.15, 0.2) is 48.5 Å². The minimum Gasteiger partial charge on any atom is -0.452 e. The summed E-state index contributed by atoms with van der Waals surface area (Å²) in [4.78, 5) is 23.4. The van der Waals surface area contributed by atoms with Gasteiger partial charge in [0.2, 0.25) is 0 Å². The summed E-state index contributed by atoms with van der Waals surface area (Å²) in [5, 5.41) is 11.3. The second-order valence-corrected chi connectivity index (χ2v) is 5.56. The molecule has 0 aromatic heterocycles. The SMILES string of the molecule is N#CCc1ccc(NC(=O)COC(=O)/C=C/c2c(F)cccc2Cl)cc1. The Morgan fingerprint density at radius 3 is 2.62 bits per heavy atom. The molecule has 0 atom stereocenters. The molecule has 0 aliphatic heterocycles. The average molecular weight is 373 g/mol. The molecule has 7 heteroatoms. The van der Waals surface area contributed by atoms with Gasteiger partial charge in [0.1, 0.15) is 5.82 Å². The molecule has 0 radical (unpaired) electrons. The zero-order valence-electron chi connectivity index (χ0n) is 13.5. The summed E-state index contributed by atoms with van der Waals surface area (Å²) in [7, 11) is 0. The lowest BCUT2D eigenvalue weighted by molar-refractivity contribution is -0.142. The fraction of sp³-hybridized carbons (Fsp3) is 0.105. The van der Waals surface area contributed by atoms with E-state index >= 15 is 0 Å². The van der Waals surface area contributed by atoms with Crippen molar-refractivity contribution in [3.05, 3.63) is 70.5 Å². The van der Waals surface area contributed by atoms with Gasteiger partial charge in [-0.1, -0.05) is 29.8 Å². The van der Waals surface area contributed by atoms with Crippen molar-refractivity contribution in [3.8, 4) is 6.07 Å². The fourth-order valence-corrected chi connectivity index (χ4v) is 2.23. The Morgan fingerprint density at radius 2 is 1.96 bits per heavy atom. The molecular weight excluding hydrogens is 359 g/mol. The van der Waals surface area contributed by atoms with E-state index in [0.29, 0.717) is 5.69 Å². The molecule has 0 saturated carbocycles. The van der Waals surface area contributed by atoms with Gasteiger partial charge in [-0.05, 0) is 35.9 Å². The van der Waals surface area contributed by atoms with Crippen molar-refractivity contribution in [2.24, 2.45) is 0 Å². The number of carbonyl (C=O) groups is 2. The molecule has 0 bridgehead atoms. The topological polar surface area (TPSA) is 79.2 Å². The lowest BCUT2D eigenvalue weighted by Crippen LogP contribution is -2.20. The van der Waals surface area contributed by atoms with Crippen LogP contribution < -0.4 is 5.32 Å². The first-order valence-electron chi connectivity index (χ1n) is 7.54. The highest BCUT2D eigenvalue weighted by Gasteiger charge is 2.07. The summed E-state index contributed by atoms with van der Waals surface area (Å²) < 4.78 is 18.4. The molecule has 0 heterocycles. The van der Waals surface area contributed by atoms with Gasteiger partial charge in [0, 0.05) is 17.3 Å². The third-order valence-corrected chi connectivity index (χ3v) is 3.58. The molecule has 26 heavy (non-hydrogen) atoms. The van der Waals surface area contributed by atoms with Crippen LogP contribution in [0.3, 0.4) is 0 Å². The first-order valence-corrected chi connectivity index (χ1v) is 7.92. The average Bonchev–Trinajstić information content (AvgIpc) is 2.61. The highest BCUT2D eigenvalue weighted by atomic mass is 35.5. The van der Waals surface area contributed by atoms with E-state index in [9.17, 15) is 14.0 Å². The van der Waals surface area contributed by atoms with Crippen molar-refractivity contribution >= 4 is 35.2 Å². The fourth-order valence-electron chi connectivity index (χ4n) is 2.00. The van der Waals surface area contributed by atoms with Gasteiger partial charge in [0.05, 0.1) is 17.5 Å². The van der Waals surface area contributed by atoms with Crippen molar-refractivity contribution in [2.45, 2.75) is 6.42 Å². The van der Waals surface area contributed by atoms with E-state index in [1.54, 1.807) is 24.3 Å². The van der Waals surface area contributed by atoms with Gasteiger partial charge in [-0.3, -0.25) is 4.79 Å². The molecule has 0 spiro atoms. The van der Waals surface area contributed by atoms with E-state index in [-0.39, 0.29) is 17.0 Å². The van der Waals surface area contributed by atoms with E-state index < -0.39 is 24.3 Å². The Kier molecular flexibility index (Phi) is 6.89. The van der Waals surface area contributed by atoms with Crippen LogP contribution in [0.4, 0.5) is 10.1 Å². The molecule has 0 unspecified atom stereocenters. The molecular formula is C19H14ClFN2O3. The number of nitrogens with one attached hydrogen (secondary N) is 1.